The molecule has 1 aliphatic rings. The largest absolute Gasteiger partial charge is 0.493 e. The molecule has 1 aromatic carbocycles. The second-order valence-corrected chi connectivity index (χ2v) is 9.36. The number of hydrogen-bond acceptors (Lipinski definition) is 7. The maximum Gasteiger partial charge on any atom is 0.325 e. The van der Waals surface area contributed by atoms with Gasteiger partial charge in [-0.2, -0.15) is 4.31 Å². The SMILES string of the molecule is CCS(=O)(=O)N1CCc2nc(NC(=O)Nc3ccc(OC)c(OC)c3)sc2C1. The first-order valence-electron chi connectivity index (χ1n) is 8.62. The molecule has 2 heterocycles. The summed E-state index contributed by atoms with van der Waals surface area (Å²) >= 11 is 1.28. The molecule has 2 N–H and O–H groups in total. The zero-order valence-electron chi connectivity index (χ0n) is 15.8. The molecule has 11 heteroatoms. The number of rotatable bonds is 6. The molecule has 0 unspecified atom stereocenters. The Bertz CT molecular complexity index is 974. The molecule has 0 bridgehead atoms. The Morgan fingerprint density at radius 1 is 1.25 bits per heavy atom. The van der Waals surface area contributed by atoms with Crippen LogP contribution in [0.2, 0.25) is 0 Å². The van der Waals surface area contributed by atoms with Crippen LogP contribution in [0.25, 0.3) is 0 Å². The summed E-state index contributed by atoms with van der Waals surface area (Å²) in [6.07, 6.45) is 0.532. The fourth-order valence-electron chi connectivity index (χ4n) is 2.82. The highest BCUT2D eigenvalue weighted by Gasteiger charge is 2.28. The van der Waals surface area contributed by atoms with Gasteiger partial charge in [-0.3, -0.25) is 5.32 Å². The first kappa shape index (κ1) is 20.4. The second-order valence-electron chi connectivity index (χ2n) is 6.02. The first-order chi connectivity index (χ1) is 13.4. The number of thiazole rings is 1. The van der Waals surface area contributed by atoms with Crippen LogP contribution >= 0.6 is 11.3 Å². The van der Waals surface area contributed by atoms with E-state index < -0.39 is 16.1 Å². The van der Waals surface area contributed by atoms with Gasteiger partial charge < -0.3 is 14.8 Å². The lowest BCUT2D eigenvalue weighted by Gasteiger charge is -2.24. The summed E-state index contributed by atoms with van der Waals surface area (Å²) in [6.45, 7) is 2.33. The number of ether oxygens (including phenoxy) is 2. The third-order valence-corrected chi connectivity index (χ3v) is 7.14. The maximum absolute atomic E-state index is 12.3. The minimum atomic E-state index is -3.24. The number of nitrogens with one attached hydrogen (secondary N) is 2. The molecular formula is C17H22N4O5S2. The highest BCUT2D eigenvalue weighted by molar-refractivity contribution is 7.89. The molecule has 0 radical (unpaired) electrons. The van der Waals surface area contributed by atoms with Gasteiger partial charge >= 0.3 is 6.03 Å². The van der Waals surface area contributed by atoms with Crippen LogP contribution < -0.4 is 20.1 Å². The Hall–Kier alpha value is -2.37. The van der Waals surface area contributed by atoms with E-state index in [0.717, 1.165) is 10.6 Å². The monoisotopic (exact) mass is 426 g/mol. The van der Waals surface area contributed by atoms with Crippen LogP contribution in [0.5, 0.6) is 11.5 Å². The molecule has 1 aliphatic heterocycles. The van der Waals surface area contributed by atoms with Crippen molar-refractivity contribution in [2.75, 3.05) is 37.2 Å². The molecule has 0 aliphatic carbocycles. The van der Waals surface area contributed by atoms with E-state index in [1.54, 1.807) is 25.1 Å². The Kier molecular flexibility index (Phi) is 6.06. The van der Waals surface area contributed by atoms with Gasteiger partial charge in [0.15, 0.2) is 16.6 Å². The third-order valence-electron chi connectivity index (χ3n) is 4.32. The van der Waals surface area contributed by atoms with Crippen LogP contribution in [0.15, 0.2) is 18.2 Å². The normalized spacial score (nSPS) is 14.2. The lowest BCUT2D eigenvalue weighted by atomic mass is 10.2. The van der Waals surface area contributed by atoms with E-state index in [1.165, 1.54) is 29.9 Å². The van der Waals surface area contributed by atoms with Gasteiger partial charge in [0.25, 0.3) is 0 Å². The van der Waals surface area contributed by atoms with E-state index in [4.69, 9.17) is 9.47 Å². The van der Waals surface area contributed by atoms with E-state index in [9.17, 15) is 13.2 Å². The molecule has 28 heavy (non-hydrogen) atoms. The lowest BCUT2D eigenvalue weighted by molar-refractivity contribution is 0.262. The molecule has 0 atom stereocenters. The molecule has 0 saturated heterocycles. The number of sulfonamides is 1. The number of aromatic nitrogens is 1. The van der Waals surface area contributed by atoms with Gasteiger partial charge in [-0.1, -0.05) is 11.3 Å². The summed E-state index contributed by atoms with van der Waals surface area (Å²) in [7, 11) is -0.186. The van der Waals surface area contributed by atoms with Crippen LogP contribution in [0.3, 0.4) is 0 Å². The zero-order chi connectivity index (χ0) is 20.3. The molecule has 0 fully saturated rings. The minimum absolute atomic E-state index is 0.0694. The van der Waals surface area contributed by atoms with Crippen LogP contribution in [0.1, 0.15) is 17.5 Å². The summed E-state index contributed by atoms with van der Waals surface area (Å²) in [5.74, 6) is 1.13. The first-order valence-corrected chi connectivity index (χ1v) is 11.0. The van der Waals surface area contributed by atoms with Crippen molar-refractivity contribution >= 4 is 38.2 Å². The average molecular weight is 427 g/mol. The summed E-state index contributed by atoms with van der Waals surface area (Å²) in [5, 5.41) is 5.84. The van der Waals surface area contributed by atoms with Crippen LogP contribution in [-0.4, -0.2) is 50.3 Å². The number of hydrogen-bond donors (Lipinski definition) is 2. The van der Waals surface area contributed by atoms with E-state index in [1.807, 2.05) is 0 Å². The van der Waals surface area contributed by atoms with Crippen LogP contribution in [0, 0.1) is 0 Å². The number of urea groups is 1. The van der Waals surface area contributed by atoms with E-state index in [0.29, 0.717) is 41.8 Å². The molecule has 0 spiro atoms. The summed E-state index contributed by atoms with van der Waals surface area (Å²) in [4.78, 5) is 17.6. The quantitative estimate of drug-likeness (QED) is 0.734. The molecular weight excluding hydrogens is 404 g/mol. The second kappa shape index (κ2) is 8.33. The predicted molar refractivity (Wildman–Crippen MR) is 108 cm³/mol. The van der Waals surface area contributed by atoms with Crippen LogP contribution in [-0.2, 0) is 23.0 Å². The average Bonchev–Trinajstić information content (AvgIpc) is 3.08. The maximum atomic E-state index is 12.3. The van der Waals surface area contributed by atoms with Gasteiger partial charge in [0, 0.05) is 36.1 Å². The Balaban J connectivity index is 1.66. The van der Waals surface area contributed by atoms with Gasteiger partial charge in [-0.25, -0.2) is 18.2 Å². The summed E-state index contributed by atoms with van der Waals surface area (Å²) < 4.78 is 36.0. The van der Waals surface area contributed by atoms with Gasteiger partial charge in [-0.15, -0.1) is 0 Å². The lowest BCUT2D eigenvalue weighted by Crippen LogP contribution is -2.36. The highest BCUT2D eigenvalue weighted by atomic mass is 32.2. The molecule has 152 valence electrons. The van der Waals surface area contributed by atoms with Gasteiger partial charge in [0.1, 0.15) is 0 Å². The van der Waals surface area contributed by atoms with Crippen molar-refractivity contribution in [3.63, 3.8) is 0 Å². The number of fused-ring (bicyclic) bond motifs is 1. The number of benzene rings is 1. The molecule has 9 nitrogen and oxygen atoms in total. The fourth-order valence-corrected chi connectivity index (χ4v) is 4.98. The van der Waals surface area contributed by atoms with Gasteiger partial charge in [-0.05, 0) is 19.1 Å². The van der Waals surface area contributed by atoms with Crippen molar-refractivity contribution < 1.29 is 22.7 Å². The van der Waals surface area contributed by atoms with Crippen molar-refractivity contribution in [2.45, 2.75) is 19.9 Å². The van der Waals surface area contributed by atoms with E-state index >= 15 is 0 Å². The van der Waals surface area contributed by atoms with Crippen molar-refractivity contribution in [1.29, 1.82) is 0 Å². The molecule has 2 aromatic rings. The highest BCUT2D eigenvalue weighted by Crippen LogP contribution is 2.31. The molecule has 2 amide bonds. The smallest absolute Gasteiger partial charge is 0.325 e. The third kappa shape index (κ3) is 4.37. The number of anilines is 2. The predicted octanol–water partition coefficient (Wildman–Crippen LogP) is 2.51. The Labute approximate surface area is 167 Å². The molecule has 0 saturated carbocycles. The van der Waals surface area contributed by atoms with E-state index in [-0.39, 0.29) is 5.75 Å². The fraction of sp³-hybridized carbons (Fsp3) is 0.412. The molecule has 3 rings (SSSR count). The zero-order valence-corrected chi connectivity index (χ0v) is 17.4. The number of carbonyl (C=O) groups is 1. The van der Waals surface area contributed by atoms with Gasteiger partial charge in [0.05, 0.1) is 25.7 Å². The topological polar surface area (TPSA) is 110 Å². The Morgan fingerprint density at radius 2 is 2.00 bits per heavy atom. The minimum Gasteiger partial charge on any atom is -0.493 e. The van der Waals surface area contributed by atoms with Crippen LogP contribution in [0.4, 0.5) is 15.6 Å². The number of methoxy groups -OCH3 is 2. The van der Waals surface area contributed by atoms with Crippen molar-refractivity contribution in [3.05, 3.63) is 28.8 Å². The van der Waals surface area contributed by atoms with Gasteiger partial charge in [0.2, 0.25) is 10.0 Å². The number of nitrogens with zero attached hydrogens (tertiary/aromatic N) is 2. The Morgan fingerprint density at radius 3 is 2.68 bits per heavy atom. The standard InChI is InChI=1S/C17H22N4O5S2/c1-4-28(23,24)21-8-7-12-15(10-21)27-17(19-12)20-16(22)18-11-5-6-13(25-2)14(9-11)26-3/h5-6,9H,4,7-8,10H2,1-3H3,(H2,18,19,20,22). The summed E-state index contributed by atoms with van der Waals surface area (Å²) in [5.41, 5.74) is 1.37. The molecule has 1 aromatic heterocycles. The van der Waals surface area contributed by atoms with Crippen molar-refractivity contribution in [1.82, 2.24) is 9.29 Å². The summed E-state index contributed by atoms with van der Waals surface area (Å²) in [6, 6.07) is 4.59. The number of amides is 2. The van der Waals surface area contributed by atoms with E-state index in [2.05, 4.69) is 15.6 Å². The van der Waals surface area contributed by atoms with Crippen molar-refractivity contribution in [3.8, 4) is 11.5 Å². The van der Waals surface area contributed by atoms with Crippen molar-refractivity contribution in [2.24, 2.45) is 0 Å². The number of carbonyl (C=O) groups excluding carboxylic acids is 1.